The minimum atomic E-state index is -0.124. The van der Waals surface area contributed by atoms with Crippen LogP contribution in [0.3, 0.4) is 0 Å². The van der Waals surface area contributed by atoms with Gasteiger partial charge in [-0.25, -0.2) is 0 Å². The van der Waals surface area contributed by atoms with Gasteiger partial charge in [0.25, 0.3) is 0 Å². The van der Waals surface area contributed by atoms with Crippen molar-refractivity contribution in [2.75, 3.05) is 6.26 Å². The number of benzene rings is 1. The van der Waals surface area contributed by atoms with Crippen molar-refractivity contribution in [2.24, 2.45) is 5.73 Å². The van der Waals surface area contributed by atoms with Crippen molar-refractivity contribution in [1.82, 2.24) is 0 Å². The van der Waals surface area contributed by atoms with Gasteiger partial charge in [0, 0.05) is 10.4 Å². The molecule has 2 rings (SSSR count). The van der Waals surface area contributed by atoms with E-state index in [1.54, 1.807) is 11.8 Å². The van der Waals surface area contributed by atoms with Crippen LogP contribution in [-0.2, 0) is 5.54 Å². The van der Waals surface area contributed by atoms with Crippen LogP contribution in [0.1, 0.15) is 31.2 Å². The molecule has 1 saturated carbocycles. The molecule has 1 fully saturated rings. The molecule has 0 aromatic heterocycles. The first-order chi connectivity index (χ1) is 7.15. The summed E-state index contributed by atoms with van der Waals surface area (Å²) >= 11 is 7.87. The Bertz CT molecular complexity index is 359. The molecule has 0 saturated heterocycles. The second-order valence-electron chi connectivity index (χ2n) is 4.21. The SMILES string of the molecule is CSc1ccc(C2(N)CCCC2)cc1Cl. The van der Waals surface area contributed by atoms with Gasteiger partial charge in [-0.15, -0.1) is 11.8 Å². The zero-order valence-electron chi connectivity index (χ0n) is 8.92. The second-order valence-corrected chi connectivity index (χ2v) is 5.47. The van der Waals surface area contributed by atoms with Gasteiger partial charge in [0.15, 0.2) is 0 Å². The fourth-order valence-corrected chi connectivity index (χ4v) is 3.14. The van der Waals surface area contributed by atoms with Crippen LogP contribution in [-0.4, -0.2) is 6.26 Å². The average molecular weight is 242 g/mol. The molecule has 1 aromatic carbocycles. The van der Waals surface area contributed by atoms with Crippen LogP contribution in [0.15, 0.2) is 23.1 Å². The average Bonchev–Trinajstić information content (AvgIpc) is 2.66. The summed E-state index contributed by atoms with van der Waals surface area (Å²) in [6.07, 6.45) is 6.68. The lowest BCUT2D eigenvalue weighted by atomic mass is 9.89. The highest BCUT2D eigenvalue weighted by atomic mass is 35.5. The van der Waals surface area contributed by atoms with E-state index in [0.29, 0.717) is 0 Å². The van der Waals surface area contributed by atoms with Crippen molar-refractivity contribution >= 4 is 23.4 Å². The first kappa shape index (κ1) is 11.3. The van der Waals surface area contributed by atoms with Crippen molar-refractivity contribution in [3.05, 3.63) is 28.8 Å². The minimum absolute atomic E-state index is 0.124. The number of nitrogens with two attached hydrogens (primary N) is 1. The van der Waals surface area contributed by atoms with Crippen LogP contribution < -0.4 is 5.73 Å². The fourth-order valence-electron chi connectivity index (χ4n) is 2.27. The van der Waals surface area contributed by atoms with Crippen LogP contribution in [0.2, 0.25) is 5.02 Å². The van der Waals surface area contributed by atoms with Crippen LogP contribution in [0.5, 0.6) is 0 Å². The lowest BCUT2D eigenvalue weighted by Crippen LogP contribution is -2.32. The molecule has 0 amide bonds. The van der Waals surface area contributed by atoms with E-state index in [0.717, 1.165) is 22.8 Å². The lowest BCUT2D eigenvalue weighted by Gasteiger charge is -2.24. The van der Waals surface area contributed by atoms with Gasteiger partial charge in [-0.3, -0.25) is 0 Å². The van der Waals surface area contributed by atoms with E-state index in [4.69, 9.17) is 17.3 Å². The molecule has 0 radical (unpaired) electrons. The molecular formula is C12H16ClNS. The van der Waals surface area contributed by atoms with Gasteiger partial charge < -0.3 is 5.73 Å². The number of hydrogen-bond acceptors (Lipinski definition) is 2. The van der Waals surface area contributed by atoms with E-state index >= 15 is 0 Å². The molecule has 82 valence electrons. The first-order valence-corrected chi connectivity index (χ1v) is 6.89. The molecule has 2 N–H and O–H groups in total. The molecule has 15 heavy (non-hydrogen) atoms. The number of hydrogen-bond donors (Lipinski definition) is 1. The second kappa shape index (κ2) is 4.36. The van der Waals surface area contributed by atoms with Gasteiger partial charge in [0.1, 0.15) is 0 Å². The Hall–Kier alpha value is -0.180. The van der Waals surface area contributed by atoms with Crippen molar-refractivity contribution in [1.29, 1.82) is 0 Å². The predicted molar refractivity (Wildman–Crippen MR) is 67.6 cm³/mol. The Morgan fingerprint density at radius 2 is 2.00 bits per heavy atom. The molecule has 0 bridgehead atoms. The van der Waals surface area contributed by atoms with Crippen LogP contribution in [0.4, 0.5) is 0 Å². The van der Waals surface area contributed by atoms with Gasteiger partial charge in [-0.2, -0.15) is 0 Å². The topological polar surface area (TPSA) is 26.0 Å². The molecule has 1 aliphatic carbocycles. The summed E-state index contributed by atoms with van der Waals surface area (Å²) in [5, 5.41) is 0.830. The Kier molecular flexibility index (Phi) is 3.29. The van der Waals surface area contributed by atoms with Gasteiger partial charge in [-0.05, 0) is 36.8 Å². The Balaban J connectivity index is 2.33. The van der Waals surface area contributed by atoms with Gasteiger partial charge >= 0.3 is 0 Å². The third-order valence-corrected chi connectivity index (χ3v) is 4.44. The van der Waals surface area contributed by atoms with E-state index in [2.05, 4.69) is 12.1 Å². The van der Waals surface area contributed by atoms with Crippen LogP contribution >= 0.6 is 23.4 Å². The Morgan fingerprint density at radius 1 is 1.33 bits per heavy atom. The van der Waals surface area contributed by atoms with Gasteiger partial charge in [0.2, 0.25) is 0 Å². The highest BCUT2D eigenvalue weighted by Gasteiger charge is 2.31. The largest absolute Gasteiger partial charge is 0.321 e. The van der Waals surface area contributed by atoms with Gasteiger partial charge in [-0.1, -0.05) is 30.5 Å². The van der Waals surface area contributed by atoms with Crippen molar-refractivity contribution in [2.45, 2.75) is 36.1 Å². The van der Waals surface area contributed by atoms with Gasteiger partial charge in [0.05, 0.1) is 5.02 Å². The predicted octanol–water partition coefficient (Wildman–Crippen LogP) is 3.79. The molecule has 0 aliphatic heterocycles. The molecule has 1 aliphatic rings. The quantitative estimate of drug-likeness (QED) is 0.798. The zero-order valence-corrected chi connectivity index (χ0v) is 10.5. The number of thioether (sulfide) groups is 1. The third kappa shape index (κ3) is 2.17. The number of halogens is 1. The molecular weight excluding hydrogens is 226 g/mol. The Labute approximate surface area is 100 Å². The summed E-state index contributed by atoms with van der Waals surface area (Å²) in [6, 6.07) is 6.25. The number of rotatable bonds is 2. The molecule has 3 heteroatoms. The van der Waals surface area contributed by atoms with E-state index in [1.807, 2.05) is 12.3 Å². The van der Waals surface area contributed by atoms with Crippen molar-refractivity contribution in [3.8, 4) is 0 Å². The van der Waals surface area contributed by atoms with E-state index < -0.39 is 0 Å². The maximum atomic E-state index is 6.38. The van der Waals surface area contributed by atoms with Crippen LogP contribution in [0.25, 0.3) is 0 Å². The normalized spacial score (nSPS) is 19.4. The molecule has 0 unspecified atom stereocenters. The summed E-state index contributed by atoms with van der Waals surface area (Å²) < 4.78 is 0. The van der Waals surface area contributed by atoms with E-state index in [9.17, 15) is 0 Å². The molecule has 1 nitrogen and oxygen atoms in total. The molecule has 1 aromatic rings. The molecule has 0 atom stereocenters. The fraction of sp³-hybridized carbons (Fsp3) is 0.500. The smallest absolute Gasteiger partial charge is 0.0545 e. The first-order valence-electron chi connectivity index (χ1n) is 5.29. The summed E-state index contributed by atoms with van der Waals surface area (Å²) in [4.78, 5) is 1.13. The lowest BCUT2D eigenvalue weighted by molar-refractivity contribution is 0.461. The highest BCUT2D eigenvalue weighted by Crippen LogP contribution is 2.38. The zero-order chi connectivity index (χ0) is 10.9. The monoisotopic (exact) mass is 241 g/mol. The Morgan fingerprint density at radius 3 is 2.53 bits per heavy atom. The van der Waals surface area contributed by atoms with Crippen molar-refractivity contribution < 1.29 is 0 Å². The summed E-state index contributed by atoms with van der Waals surface area (Å²) in [7, 11) is 0. The maximum Gasteiger partial charge on any atom is 0.0545 e. The van der Waals surface area contributed by atoms with E-state index in [-0.39, 0.29) is 5.54 Å². The van der Waals surface area contributed by atoms with Crippen LogP contribution in [0, 0.1) is 0 Å². The summed E-state index contributed by atoms with van der Waals surface area (Å²) in [6.45, 7) is 0. The van der Waals surface area contributed by atoms with Crippen molar-refractivity contribution in [3.63, 3.8) is 0 Å². The minimum Gasteiger partial charge on any atom is -0.321 e. The van der Waals surface area contributed by atoms with E-state index in [1.165, 1.54) is 18.4 Å². The maximum absolute atomic E-state index is 6.38. The molecule has 0 spiro atoms. The summed E-state index contributed by atoms with van der Waals surface area (Å²) in [5.41, 5.74) is 7.45. The molecule has 0 heterocycles. The standard InChI is InChI=1S/C12H16ClNS/c1-15-11-5-4-9(8-10(11)13)12(14)6-2-3-7-12/h4-5,8H,2-3,6-7,14H2,1H3. The highest BCUT2D eigenvalue weighted by molar-refractivity contribution is 7.98. The third-order valence-electron chi connectivity index (χ3n) is 3.22. The summed E-state index contributed by atoms with van der Waals surface area (Å²) in [5.74, 6) is 0.